The van der Waals surface area contributed by atoms with Crippen LogP contribution in [0, 0.1) is 5.92 Å². The highest BCUT2D eigenvalue weighted by Gasteiger charge is 2.32. The molecule has 2 N–H and O–H groups in total. The molecule has 2 unspecified atom stereocenters. The predicted molar refractivity (Wildman–Crippen MR) is 76.1 cm³/mol. The predicted octanol–water partition coefficient (Wildman–Crippen LogP) is 1.95. The zero-order chi connectivity index (χ0) is 14.0. The molecule has 5 heteroatoms. The Labute approximate surface area is 115 Å². The molecule has 1 saturated heterocycles. The average molecular weight is 282 g/mol. The number of rotatable bonds is 3. The maximum Gasteiger partial charge on any atom is 0.243 e. The Hall–Kier alpha value is -0.910. The Morgan fingerprint density at radius 1 is 1.26 bits per heavy atom. The molecule has 0 aromatic heterocycles. The molecule has 2 rings (SSSR count). The second kappa shape index (κ2) is 5.61. The lowest BCUT2D eigenvalue weighted by molar-refractivity contribution is 0.220. The van der Waals surface area contributed by atoms with Crippen LogP contribution in [0.1, 0.15) is 32.3 Å². The van der Waals surface area contributed by atoms with Crippen molar-refractivity contribution in [3.63, 3.8) is 0 Å². The normalized spacial score (nSPS) is 25.4. The molecular weight excluding hydrogens is 260 g/mol. The molecule has 0 saturated carbocycles. The summed E-state index contributed by atoms with van der Waals surface area (Å²) in [6.07, 6.45) is 1.87. The van der Waals surface area contributed by atoms with Crippen molar-refractivity contribution in [1.29, 1.82) is 0 Å². The highest BCUT2D eigenvalue weighted by atomic mass is 32.2. The number of nitrogens with zero attached hydrogens (tertiary/aromatic N) is 1. The lowest BCUT2D eigenvalue weighted by Crippen LogP contribution is -2.44. The Bertz CT molecular complexity index is 525. The number of benzene rings is 1. The van der Waals surface area contributed by atoms with Gasteiger partial charge < -0.3 is 5.73 Å². The molecule has 1 fully saturated rings. The molecule has 106 valence electrons. The number of hydrogen-bond donors (Lipinski definition) is 1. The molecule has 1 heterocycles. The van der Waals surface area contributed by atoms with E-state index in [0.717, 1.165) is 18.4 Å². The van der Waals surface area contributed by atoms with E-state index in [1.54, 1.807) is 28.6 Å². The van der Waals surface area contributed by atoms with Gasteiger partial charge in [-0.15, -0.1) is 0 Å². The summed E-state index contributed by atoms with van der Waals surface area (Å²) in [6, 6.07) is 6.95. The molecule has 0 radical (unpaired) electrons. The van der Waals surface area contributed by atoms with E-state index in [1.807, 2.05) is 6.92 Å². The molecule has 19 heavy (non-hydrogen) atoms. The highest BCUT2D eigenvalue weighted by Crippen LogP contribution is 2.28. The molecule has 0 bridgehead atoms. The summed E-state index contributed by atoms with van der Waals surface area (Å²) in [7, 11) is -3.37. The van der Waals surface area contributed by atoms with E-state index in [4.69, 9.17) is 5.73 Å². The molecular formula is C14H22N2O2S. The van der Waals surface area contributed by atoms with Crippen molar-refractivity contribution in [2.24, 2.45) is 11.7 Å². The molecule has 1 aliphatic heterocycles. The Morgan fingerprint density at radius 3 is 2.42 bits per heavy atom. The zero-order valence-corrected chi connectivity index (χ0v) is 12.4. The number of nitrogens with two attached hydrogens (primary N) is 1. The standard InChI is InChI=1S/C14H22N2O2S/c1-11-7-8-16(12(2)9-11)19(17,18)14-5-3-13(10-15)4-6-14/h3-6,11-12H,7-10,15H2,1-2H3. The third kappa shape index (κ3) is 2.99. The van der Waals surface area contributed by atoms with E-state index in [2.05, 4.69) is 6.92 Å². The Morgan fingerprint density at radius 2 is 1.89 bits per heavy atom. The Balaban J connectivity index is 2.26. The van der Waals surface area contributed by atoms with E-state index < -0.39 is 10.0 Å². The molecule has 2 atom stereocenters. The van der Waals surface area contributed by atoms with Gasteiger partial charge in [0.05, 0.1) is 4.90 Å². The minimum atomic E-state index is -3.37. The molecule has 1 aromatic carbocycles. The van der Waals surface area contributed by atoms with Crippen molar-refractivity contribution in [1.82, 2.24) is 4.31 Å². The smallest absolute Gasteiger partial charge is 0.243 e. The van der Waals surface area contributed by atoms with Crippen LogP contribution < -0.4 is 5.73 Å². The largest absolute Gasteiger partial charge is 0.326 e. The van der Waals surface area contributed by atoms with Crippen molar-refractivity contribution in [2.45, 2.75) is 44.2 Å². The van der Waals surface area contributed by atoms with Gasteiger partial charge in [0, 0.05) is 19.1 Å². The van der Waals surface area contributed by atoms with Crippen LogP contribution in [0.5, 0.6) is 0 Å². The van der Waals surface area contributed by atoms with Gasteiger partial charge in [0.25, 0.3) is 0 Å². The Kier molecular flexibility index (Phi) is 4.28. The second-order valence-corrected chi connectivity index (χ2v) is 7.33. The fraction of sp³-hybridized carbons (Fsp3) is 0.571. The van der Waals surface area contributed by atoms with Crippen molar-refractivity contribution in [2.75, 3.05) is 6.54 Å². The first kappa shape index (κ1) is 14.5. The summed E-state index contributed by atoms with van der Waals surface area (Å²) >= 11 is 0. The summed E-state index contributed by atoms with van der Waals surface area (Å²) in [5.41, 5.74) is 6.47. The topological polar surface area (TPSA) is 63.4 Å². The lowest BCUT2D eigenvalue weighted by Gasteiger charge is -2.35. The fourth-order valence-electron chi connectivity index (χ4n) is 2.68. The van der Waals surface area contributed by atoms with Crippen LogP contribution in [0.4, 0.5) is 0 Å². The quantitative estimate of drug-likeness (QED) is 0.921. The molecule has 4 nitrogen and oxygen atoms in total. The van der Waals surface area contributed by atoms with E-state index >= 15 is 0 Å². The lowest BCUT2D eigenvalue weighted by atomic mass is 9.95. The second-order valence-electron chi connectivity index (χ2n) is 5.44. The van der Waals surface area contributed by atoms with Gasteiger partial charge in [-0.2, -0.15) is 4.31 Å². The molecule has 0 spiro atoms. The van der Waals surface area contributed by atoms with Gasteiger partial charge in [0.2, 0.25) is 10.0 Å². The van der Waals surface area contributed by atoms with Crippen molar-refractivity contribution >= 4 is 10.0 Å². The van der Waals surface area contributed by atoms with E-state index in [-0.39, 0.29) is 6.04 Å². The average Bonchev–Trinajstić information content (AvgIpc) is 2.38. The molecule has 1 aliphatic rings. The van der Waals surface area contributed by atoms with Gasteiger partial charge in [-0.05, 0) is 43.4 Å². The van der Waals surface area contributed by atoms with Crippen molar-refractivity contribution in [3.05, 3.63) is 29.8 Å². The minimum absolute atomic E-state index is 0.0722. The first-order chi connectivity index (χ1) is 8.95. The monoisotopic (exact) mass is 282 g/mol. The zero-order valence-electron chi connectivity index (χ0n) is 11.5. The first-order valence-corrected chi connectivity index (χ1v) is 8.20. The van der Waals surface area contributed by atoms with Gasteiger partial charge in [-0.3, -0.25) is 0 Å². The van der Waals surface area contributed by atoms with Crippen LogP contribution in [-0.4, -0.2) is 25.3 Å². The van der Waals surface area contributed by atoms with E-state index in [9.17, 15) is 8.42 Å². The van der Waals surface area contributed by atoms with Crippen LogP contribution in [-0.2, 0) is 16.6 Å². The van der Waals surface area contributed by atoms with Gasteiger partial charge in [0.1, 0.15) is 0 Å². The van der Waals surface area contributed by atoms with Gasteiger partial charge in [-0.1, -0.05) is 19.1 Å². The van der Waals surface area contributed by atoms with Gasteiger partial charge >= 0.3 is 0 Å². The van der Waals surface area contributed by atoms with E-state index in [0.29, 0.717) is 23.9 Å². The van der Waals surface area contributed by atoms with E-state index in [1.165, 1.54) is 0 Å². The summed E-state index contributed by atoms with van der Waals surface area (Å²) < 4.78 is 26.8. The molecule has 1 aromatic rings. The summed E-state index contributed by atoms with van der Waals surface area (Å²) in [5.74, 6) is 0.598. The number of sulfonamides is 1. The molecule has 0 amide bonds. The summed E-state index contributed by atoms with van der Waals surface area (Å²) in [4.78, 5) is 0.367. The van der Waals surface area contributed by atoms with Crippen LogP contribution in [0.15, 0.2) is 29.2 Å². The van der Waals surface area contributed by atoms with Crippen LogP contribution in [0.2, 0.25) is 0 Å². The van der Waals surface area contributed by atoms with Gasteiger partial charge in [0.15, 0.2) is 0 Å². The van der Waals surface area contributed by atoms with Crippen LogP contribution in [0.3, 0.4) is 0 Å². The maximum absolute atomic E-state index is 12.6. The highest BCUT2D eigenvalue weighted by molar-refractivity contribution is 7.89. The fourth-order valence-corrected chi connectivity index (χ4v) is 4.33. The maximum atomic E-state index is 12.6. The SMILES string of the molecule is CC1CCN(S(=O)(=O)c2ccc(CN)cc2)C(C)C1. The third-order valence-electron chi connectivity index (χ3n) is 3.84. The number of piperidine rings is 1. The summed E-state index contributed by atoms with van der Waals surface area (Å²) in [5, 5.41) is 0. The first-order valence-electron chi connectivity index (χ1n) is 6.76. The van der Waals surface area contributed by atoms with Gasteiger partial charge in [-0.25, -0.2) is 8.42 Å². The third-order valence-corrected chi connectivity index (χ3v) is 5.87. The van der Waals surface area contributed by atoms with Crippen molar-refractivity contribution in [3.8, 4) is 0 Å². The van der Waals surface area contributed by atoms with Crippen molar-refractivity contribution < 1.29 is 8.42 Å². The minimum Gasteiger partial charge on any atom is -0.326 e. The molecule has 0 aliphatic carbocycles. The van der Waals surface area contributed by atoms with Crippen LogP contribution in [0.25, 0.3) is 0 Å². The van der Waals surface area contributed by atoms with Crippen LogP contribution >= 0.6 is 0 Å². The summed E-state index contributed by atoms with van der Waals surface area (Å²) in [6.45, 7) is 5.21. The number of hydrogen-bond acceptors (Lipinski definition) is 3.